The summed E-state index contributed by atoms with van der Waals surface area (Å²) in [5.74, 6) is -0.0768. The summed E-state index contributed by atoms with van der Waals surface area (Å²) in [5.41, 5.74) is 6.16. The Labute approximate surface area is 144 Å². The fourth-order valence-electron chi connectivity index (χ4n) is 3.34. The Bertz CT molecular complexity index is 774. The Morgan fingerprint density at radius 1 is 1.38 bits per heavy atom. The highest BCUT2D eigenvalue weighted by Crippen LogP contribution is 2.24. The highest BCUT2D eigenvalue weighted by molar-refractivity contribution is 7.13. The fraction of sp³-hybridized carbons (Fsp3) is 0.471. The summed E-state index contributed by atoms with van der Waals surface area (Å²) >= 11 is 1.52. The van der Waals surface area contributed by atoms with Crippen LogP contribution in [-0.2, 0) is 11.3 Å². The van der Waals surface area contributed by atoms with Crippen LogP contribution in [0.4, 0.5) is 5.69 Å². The average Bonchev–Trinajstić information content (AvgIpc) is 3.06. The van der Waals surface area contributed by atoms with Crippen molar-refractivity contribution in [3.8, 4) is 10.6 Å². The minimum atomic E-state index is -0.416. The van der Waals surface area contributed by atoms with Gasteiger partial charge in [0.2, 0.25) is 5.91 Å². The summed E-state index contributed by atoms with van der Waals surface area (Å²) in [4.78, 5) is 27.8. The average molecular weight is 346 g/mol. The number of likely N-dealkylation sites (tertiary alicyclic amines) is 1. The normalized spacial score (nSPS) is 21.0. The monoisotopic (exact) mass is 346 g/mol. The summed E-state index contributed by atoms with van der Waals surface area (Å²) < 4.78 is 1.20. The van der Waals surface area contributed by atoms with Gasteiger partial charge in [-0.2, -0.15) is 5.10 Å². The van der Waals surface area contributed by atoms with E-state index in [1.807, 2.05) is 22.4 Å². The van der Waals surface area contributed by atoms with E-state index in [9.17, 15) is 9.59 Å². The molecule has 1 amide bonds. The number of anilines is 1. The highest BCUT2D eigenvalue weighted by atomic mass is 32.1. The van der Waals surface area contributed by atoms with Crippen LogP contribution in [0, 0.1) is 0 Å². The molecule has 1 aliphatic rings. The van der Waals surface area contributed by atoms with Crippen molar-refractivity contribution in [2.24, 2.45) is 0 Å². The van der Waals surface area contributed by atoms with Crippen LogP contribution in [0.3, 0.4) is 0 Å². The quantitative estimate of drug-likeness (QED) is 0.925. The number of thiophene rings is 1. The summed E-state index contributed by atoms with van der Waals surface area (Å²) in [6, 6.07) is 5.78. The van der Waals surface area contributed by atoms with E-state index in [0.29, 0.717) is 5.69 Å². The van der Waals surface area contributed by atoms with Gasteiger partial charge >= 0.3 is 0 Å². The maximum Gasteiger partial charge on any atom is 0.290 e. The van der Waals surface area contributed by atoms with Crippen LogP contribution in [0.15, 0.2) is 28.4 Å². The molecule has 0 bridgehead atoms. The molecule has 0 radical (unpaired) electrons. The van der Waals surface area contributed by atoms with E-state index in [0.717, 1.165) is 24.1 Å². The molecule has 1 aliphatic heterocycles. The number of piperidine rings is 1. The Balaban J connectivity index is 1.89. The first-order valence-electron chi connectivity index (χ1n) is 8.20. The SMILES string of the molecule is C[C@@H]1CCC[C@@H](C)N1C(=O)Cn1nc(-c2cccs2)cc(N)c1=O. The smallest absolute Gasteiger partial charge is 0.290 e. The van der Waals surface area contributed by atoms with Gasteiger partial charge in [-0.05, 0) is 50.6 Å². The molecule has 128 valence electrons. The van der Waals surface area contributed by atoms with E-state index in [-0.39, 0.29) is 30.2 Å². The maximum absolute atomic E-state index is 12.7. The molecule has 0 unspecified atom stereocenters. The number of hydrogen-bond acceptors (Lipinski definition) is 5. The lowest BCUT2D eigenvalue weighted by Crippen LogP contribution is -2.49. The predicted molar refractivity (Wildman–Crippen MR) is 95.8 cm³/mol. The standard InChI is InChI=1S/C17H22N4O2S/c1-11-5-3-6-12(2)21(11)16(22)10-20-17(23)13(18)9-14(19-20)15-7-4-8-24-15/h4,7-9,11-12H,3,5-6,10,18H2,1-2H3/t11-,12-/m1/s1. The van der Waals surface area contributed by atoms with Crippen LogP contribution in [0.25, 0.3) is 10.6 Å². The molecule has 0 aromatic carbocycles. The third kappa shape index (κ3) is 3.21. The van der Waals surface area contributed by atoms with Gasteiger partial charge in [-0.1, -0.05) is 6.07 Å². The molecule has 2 N–H and O–H groups in total. The number of carbonyl (C=O) groups excluding carboxylic acids is 1. The van der Waals surface area contributed by atoms with E-state index >= 15 is 0 Å². The minimum Gasteiger partial charge on any atom is -0.394 e. The molecule has 3 rings (SSSR count). The van der Waals surface area contributed by atoms with Crippen molar-refractivity contribution in [1.82, 2.24) is 14.7 Å². The number of nitrogens with zero attached hydrogens (tertiary/aromatic N) is 3. The first-order valence-corrected chi connectivity index (χ1v) is 9.08. The zero-order valence-electron chi connectivity index (χ0n) is 13.9. The van der Waals surface area contributed by atoms with Crippen LogP contribution >= 0.6 is 11.3 Å². The van der Waals surface area contributed by atoms with Gasteiger partial charge in [0, 0.05) is 12.1 Å². The largest absolute Gasteiger partial charge is 0.394 e. The molecule has 7 heteroatoms. The van der Waals surface area contributed by atoms with Gasteiger partial charge < -0.3 is 10.6 Å². The van der Waals surface area contributed by atoms with Crippen LogP contribution in [-0.4, -0.2) is 32.7 Å². The number of aromatic nitrogens is 2. The number of nitrogen functional groups attached to an aromatic ring is 1. The molecule has 3 heterocycles. The topological polar surface area (TPSA) is 81.2 Å². The van der Waals surface area contributed by atoms with Gasteiger partial charge in [-0.15, -0.1) is 11.3 Å². The Morgan fingerprint density at radius 3 is 2.71 bits per heavy atom. The number of carbonyl (C=O) groups is 1. The molecule has 24 heavy (non-hydrogen) atoms. The molecule has 2 atom stereocenters. The Kier molecular flexibility index (Phi) is 4.71. The summed E-state index contributed by atoms with van der Waals surface area (Å²) in [5, 5.41) is 6.28. The third-order valence-electron chi connectivity index (χ3n) is 4.54. The minimum absolute atomic E-state index is 0.0725. The lowest BCUT2D eigenvalue weighted by atomic mass is 9.97. The Morgan fingerprint density at radius 2 is 2.08 bits per heavy atom. The number of rotatable bonds is 3. The second-order valence-corrected chi connectivity index (χ2v) is 7.30. The number of amides is 1. The molecule has 0 saturated carbocycles. The van der Waals surface area contributed by atoms with Crippen molar-refractivity contribution < 1.29 is 4.79 Å². The van der Waals surface area contributed by atoms with E-state index in [2.05, 4.69) is 18.9 Å². The van der Waals surface area contributed by atoms with Gasteiger partial charge in [0.25, 0.3) is 5.56 Å². The van der Waals surface area contributed by atoms with Gasteiger partial charge in [0.1, 0.15) is 17.9 Å². The van der Waals surface area contributed by atoms with Crippen molar-refractivity contribution in [1.29, 1.82) is 0 Å². The van der Waals surface area contributed by atoms with Gasteiger partial charge in [0.15, 0.2) is 0 Å². The van der Waals surface area contributed by atoms with Gasteiger partial charge in [-0.3, -0.25) is 9.59 Å². The lowest BCUT2D eigenvalue weighted by Gasteiger charge is -2.39. The summed E-state index contributed by atoms with van der Waals surface area (Å²) in [7, 11) is 0. The third-order valence-corrected chi connectivity index (χ3v) is 5.43. The first kappa shape index (κ1) is 16.7. The summed E-state index contributed by atoms with van der Waals surface area (Å²) in [6.07, 6.45) is 3.12. The van der Waals surface area contributed by atoms with E-state index < -0.39 is 5.56 Å². The zero-order valence-corrected chi connectivity index (χ0v) is 14.8. The molecule has 2 aromatic heterocycles. The van der Waals surface area contributed by atoms with Crippen LogP contribution in [0.2, 0.25) is 0 Å². The fourth-order valence-corrected chi connectivity index (χ4v) is 4.02. The predicted octanol–water partition coefficient (Wildman–Crippen LogP) is 2.34. The molecular formula is C17H22N4O2S. The van der Waals surface area contributed by atoms with E-state index in [1.54, 1.807) is 6.07 Å². The van der Waals surface area contributed by atoms with Crippen molar-refractivity contribution in [3.63, 3.8) is 0 Å². The van der Waals surface area contributed by atoms with Crippen molar-refractivity contribution in [2.45, 2.75) is 51.7 Å². The van der Waals surface area contributed by atoms with E-state index in [1.165, 1.54) is 16.0 Å². The van der Waals surface area contributed by atoms with Crippen LogP contribution in [0.1, 0.15) is 33.1 Å². The molecular weight excluding hydrogens is 324 g/mol. The van der Waals surface area contributed by atoms with Crippen LogP contribution < -0.4 is 11.3 Å². The summed E-state index contributed by atoms with van der Waals surface area (Å²) in [6.45, 7) is 4.04. The van der Waals surface area contributed by atoms with Crippen molar-refractivity contribution in [3.05, 3.63) is 33.9 Å². The molecule has 0 spiro atoms. The first-order chi connectivity index (χ1) is 11.5. The highest BCUT2D eigenvalue weighted by Gasteiger charge is 2.29. The second kappa shape index (κ2) is 6.76. The lowest BCUT2D eigenvalue weighted by molar-refractivity contribution is -0.138. The molecule has 1 fully saturated rings. The molecule has 1 saturated heterocycles. The molecule has 2 aromatic rings. The second-order valence-electron chi connectivity index (χ2n) is 6.35. The van der Waals surface area contributed by atoms with Gasteiger partial charge in [-0.25, -0.2) is 4.68 Å². The van der Waals surface area contributed by atoms with Crippen molar-refractivity contribution in [2.75, 3.05) is 5.73 Å². The zero-order chi connectivity index (χ0) is 17.3. The number of nitrogens with two attached hydrogens (primary N) is 1. The Hall–Kier alpha value is -2.15. The van der Waals surface area contributed by atoms with Crippen LogP contribution in [0.5, 0.6) is 0 Å². The number of hydrogen-bond donors (Lipinski definition) is 1. The molecule has 6 nitrogen and oxygen atoms in total. The van der Waals surface area contributed by atoms with Crippen molar-refractivity contribution >= 4 is 22.9 Å². The molecule has 0 aliphatic carbocycles. The maximum atomic E-state index is 12.7. The van der Waals surface area contributed by atoms with E-state index in [4.69, 9.17) is 5.73 Å². The van der Waals surface area contributed by atoms with Gasteiger partial charge in [0.05, 0.1) is 4.88 Å².